The van der Waals surface area contributed by atoms with Crippen molar-refractivity contribution in [3.05, 3.63) is 29.7 Å². The van der Waals surface area contributed by atoms with Gasteiger partial charge in [0.1, 0.15) is 5.75 Å². The molecular formula is C19H22F5N3O3. The van der Waals surface area contributed by atoms with Gasteiger partial charge in [-0.2, -0.15) is 27.1 Å². The molecule has 2 aromatic heterocycles. The molecule has 0 aromatic carbocycles. The molecule has 166 valence electrons. The Morgan fingerprint density at radius 3 is 2.40 bits per heavy atom. The van der Waals surface area contributed by atoms with E-state index in [0.29, 0.717) is 0 Å². The first-order chi connectivity index (χ1) is 13.9. The summed E-state index contributed by atoms with van der Waals surface area (Å²) in [6.07, 6.45) is -3.90. The molecule has 11 heteroatoms. The first kappa shape index (κ1) is 23.6. The van der Waals surface area contributed by atoms with Crippen molar-refractivity contribution in [1.82, 2.24) is 14.8 Å². The molecule has 0 amide bonds. The van der Waals surface area contributed by atoms with Crippen LogP contribution in [0.5, 0.6) is 5.75 Å². The first-order valence-electron chi connectivity index (χ1n) is 9.15. The molecule has 0 spiro atoms. The van der Waals surface area contributed by atoms with Gasteiger partial charge in [0.25, 0.3) is 0 Å². The summed E-state index contributed by atoms with van der Waals surface area (Å²) in [7, 11) is 0. The minimum absolute atomic E-state index is 0.0426. The van der Waals surface area contributed by atoms with Crippen LogP contribution >= 0.6 is 0 Å². The lowest BCUT2D eigenvalue weighted by atomic mass is 9.86. The fraction of sp³-hybridized carbons (Fsp3) is 0.526. The molecule has 0 aliphatic carbocycles. The molecular weight excluding hydrogens is 413 g/mol. The van der Waals surface area contributed by atoms with Crippen LogP contribution in [0.15, 0.2) is 18.3 Å². The van der Waals surface area contributed by atoms with Crippen molar-refractivity contribution in [2.45, 2.75) is 53.4 Å². The molecule has 0 atom stereocenters. The Morgan fingerprint density at radius 2 is 1.87 bits per heavy atom. The van der Waals surface area contributed by atoms with Gasteiger partial charge >= 0.3 is 18.8 Å². The molecule has 2 heterocycles. The highest BCUT2D eigenvalue weighted by molar-refractivity contribution is 5.89. The number of hydrogen-bond donors (Lipinski definition) is 0. The molecule has 0 radical (unpaired) electrons. The summed E-state index contributed by atoms with van der Waals surface area (Å²) in [6, 6.07) is 2.38. The van der Waals surface area contributed by atoms with Crippen LogP contribution in [0.25, 0.3) is 11.3 Å². The van der Waals surface area contributed by atoms with Crippen LogP contribution in [0, 0.1) is 5.41 Å². The third-order valence-electron chi connectivity index (χ3n) is 4.37. The van der Waals surface area contributed by atoms with Gasteiger partial charge in [-0.25, -0.2) is 4.79 Å². The number of alkyl halides is 5. The van der Waals surface area contributed by atoms with Gasteiger partial charge in [-0.15, -0.1) is 0 Å². The van der Waals surface area contributed by atoms with E-state index in [-0.39, 0.29) is 41.5 Å². The topological polar surface area (TPSA) is 66.2 Å². The van der Waals surface area contributed by atoms with Gasteiger partial charge in [0.05, 0.1) is 23.3 Å². The van der Waals surface area contributed by atoms with E-state index < -0.39 is 30.6 Å². The predicted molar refractivity (Wildman–Crippen MR) is 97.3 cm³/mol. The molecule has 0 aliphatic rings. The van der Waals surface area contributed by atoms with Crippen molar-refractivity contribution < 1.29 is 36.2 Å². The average molecular weight is 435 g/mol. The monoisotopic (exact) mass is 435 g/mol. The zero-order chi connectivity index (χ0) is 22.7. The Labute approximate surface area is 170 Å². The van der Waals surface area contributed by atoms with Crippen LogP contribution in [-0.2, 0) is 17.7 Å². The molecule has 0 saturated heterocycles. The van der Waals surface area contributed by atoms with Crippen LogP contribution < -0.4 is 4.74 Å². The molecule has 0 unspecified atom stereocenters. The van der Waals surface area contributed by atoms with Gasteiger partial charge in [-0.05, 0) is 19.9 Å². The number of pyridine rings is 1. The van der Waals surface area contributed by atoms with Gasteiger partial charge in [0, 0.05) is 30.9 Å². The normalized spacial score (nSPS) is 12.3. The molecule has 0 bridgehead atoms. The van der Waals surface area contributed by atoms with Gasteiger partial charge in [0.2, 0.25) is 0 Å². The summed E-state index contributed by atoms with van der Waals surface area (Å²) >= 11 is 0. The highest BCUT2D eigenvalue weighted by Gasteiger charge is 2.47. The predicted octanol–water partition coefficient (Wildman–Crippen LogP) is 4.87. The summed E-state index contributed by atoms with van der Waals surface area (Å²) in [5, 5.41) is 4.08. The standard InChI is InChI=1S/C19H22F5N3O3/c1-5-27-14(8-13(26-27)16(28)29-6-2)12-10-25-11(7-15(12)30-17(20)21)9-18(3,4)19(22,23)24/h7-8,10,17H,5-6,9H2,1-4H3. The molecule has 30 heavy (non-hydrogen) atoms. The van der Waals surface area contributed by atoms with Crippen LogP contribution in [0.4, 0.5) is 22.0 Å². The van der Waals surface area contributed by atoms with Crippen molar-refractivity contribution in [2.24, 2.45) is 5.41 Å². The maximum Gasteiger partial charge on any atom is 0.394 e. The lowest BCUT2D eigenvalue weighted by Gasteiger charge is -2.27. The summed E-state index contributed by atoms with van der Waals surface area (Å²) in [6.45, 7) is 2.52. The number of rotatable bonds is 8. The van der Waals surface area contributed by atoms with E-state index in [1.54, 1.807) is 13.8 Å². The van der Waals surface area contributed by atoms with E-state index >= 15 is 0 Å². The number of hydrogen-bond acceptors (Lipinski definition) is 5. The van der Waals surface area contributed by atoms with Gasteiger partial charge in [-0.1, -0.05) is 13.8 Å². The Kier molecular flexibility index (Phi) is 7.04. The van der Waals surface area contributed by atoms with Crippen molar-refractivity contribution in [3.8, 4) is 17.0 Å². The Balaban J connectivity index is 2.51. The zero-order valence-electron chi connectivity index (χ0n) is 16.9. The fourth-order valence-corrected chi connectivity index (χ4v) is 2.69. The van der Waals surface area contributed by atoms with Gasteiger partial charge < -0.3 is 9.47 Å². The second-order valence-corrected chi connectivity index (χ2v) is 7.06. The maximum atomic E-state index is 13.2. The molecule has 0 aliphatic heterocycles. The number of nitrogens with zero attached hydrogens (tertiary/aromatic N) is 3. The van der Waals surface area contributed by atoms with E-state index in [9.17, 15) is 26.7 Å². The Morgan fingerprint density at radius 1 is 1.20 bits per heavy atom. The van der Waals surface area contributed by atoms with Crippen molar-refractivity contribution in [3.63, 3.8) is 0 Å². The smallest absolute Gasteiger partial charge is 0.394 e. The lowest BCUT2D eigenvalue weighted by molar-refractivity contribution is -0.211. The SMILES string of the molecule is CCOC(=O)c1cc(-c2cnc(CC(C)(C)C(F)(F)F)cc2OC(F)F)n(CC)n1. The van der Waals surface area contributed by atoms with Crippen molar-refractivity contribution >= 4 is 5.97 Å². The number of ether oxygens (including phenoxy) is 2. The average Bonchev–Trinajstić information content (AvgIpc) is 3.04. The number of halogens is 5. The highest BCUT2D eigenvalue weighted by Crippen LogP contribution is 2.41. The Bertz CT molecular complexity index is 894. The molecule has 0 saturated carbocycles. The Hall–Kier alpha value is -2.72. The largest absolute Gasteiger partial charge is 0.461 e. The third kappa shape index (κ3) is 5.25. The molecule has 6 nitrogen and oxygen atoms in total. The van der Waals surface area contributed by atoms with Crippen molar-refractivity contribution in [1.29, 1.82) is 0 Å². The van der Waals surface area contributed by atoms with Gasteiger partial charge in [-0.3, -0.25) is 9.67 Å². The maximum absolute atomic E-state index is 13.2. The summed E-state index contributed by atoms with van der Waals surface area (Å²) in [5.41, 5.74) is -1.92. The van der Waals surface area contributed by atoms with Crippen LogP contribution in [-0.4, -0.2) is 40.1 Å². The lowest BCUT2D eigenvalue weighted by Crippen LogP contribution is -2.34. The number of carbonyl (C=O) groups excluding carboxylic acids is 1. The summed E-state index contributed by atoms with van der Waals surface area (Å²) in [5.74, 6) is -1.06. The number of aryl methyl sites for hydroxylation is 1. The van der Waals surface area contributed by atoms with E-state index in [2.05, 4.69) is 14.8 Å². The summed E-state index contributed by atoms with van der Waals surface area (Å²) in [4.78, 5) is 16.0. The van der Waals surface area contributed by atoms with Crippen LogP contribution in [0.2, 0.25) is 0 Å². The van der Waals surface area contributed by atoms with E-state index in [1.165, 1.54) is 10.7 Å². The van der Waals surface area contributed by atoms with E-state index in [0.717, 1.165) is 26.1 Å². The number of esters is 1. The molecule has 0 fully saturated rings. The second kappa shape index (κ2) is 8.97. The highest BCUT2D eigenvalue weighted by atomic mass is 19.4. The molecule has 2 aromatic rings. The van der Waals surface area contributed by atoms with Gasteiger partial charge in [0.15, 0.2) is 5.69 Å². The van der Waals surface area contributed by atoms with E-state index in [4.69, 9.17) is 4.74 Å². The van der Waals surface area contributed by atoms with E-state index in [1.807, 2.05) is 0 Å². The summed E-state index contributed by atoms with van der Waals surface area (Å²) < 4.78 is 76.3. The zero-order valence-corrected chi connectivity index (χ0v) is 16.9. The van der Waals surface area contributed by atoms with Crippen molar-refractivity contribution in [2.75, 3.05) is 6.61 Å². The minimum Gasteiger partial charge on any atom is -0.461 e. The molecule has 0 N–H and O–H groups in total. The molecule has 2 rings (SSSR count). The third-order valence-corrected chi connectivity index (χ3v) is 4.37. The van der Waals surface area contributed by atoms with Crippen LogP contribution in [0.3, 0.4) is 0 Å². The van der Waals surface area contributed by atoms with Crippen LogP contribution in [0.1, 0.15) is 43.9 Å². The number of aromatic nitrogens is 3. The second-order valence-electron chi connectivity index (χ2n) is 7.06. The first-order valence-corrected chi connectivity index (χ1v) is 9.15. The quantitative estimate of drug-likeness (QED) is 0.437. The fourth-order valence-electron chi connectivity index (χ4n) is 2.69. The number of carbonyl (C=O) groups is 1. The minimum atomic E-state index is -4.51.